The molecule has 24 heavy (non-hydrogen) atoms. The lowest BCUT2D eigenvalue weighted by Crippen LogP contribution is -2.26. The minimum atomic E-state index is -0.0489. The molecule has 0 aliphatic carbocycles. The topological polar surface area (TPSA) is 72.7 Å². The third-order valence-electron chi connectivity index (χ3n) is 4.18. The zero-order valence-electron chi connectivity index (χ0n) is 14.2. The van der Waals surface area contributed by atoms with Crippen LogP contribution in [0.15, 0.2) is 30.6 Å². The Morgan fingerprint density at radius 3 is 2.83 bits per heavy atom. The Kier molecular flexibility index (Phi) is 4.55. The standard InChI is InChI=1S/C18H21N5O/c1-12-5-6-16-15(11-12)17(13(2)14(3)21-16)18(24)19-7-4-9-23-10-8-20-22-23/h5-6,8,10-11H,4,7,9H2,1-3H3,(H,19,24). The van der Waals surface area contributed by atoms with Crippen molar-refractivity contribution in [1.29, 1.82) is 0 Å². The number of amides is 1. The molecule has 2 aromatic heterocycles. The van der Waals surface area contributed by atoms with E-state index in [1.165, 1.54) is 0 Å². The van der Waals surface area contributed by atoms with Gasteiger partial charge in [0.1, 0.15) is 0 Å². The van der Waals surface area contributed by atoms with Crippen molar-refractivity contribution in [2.24, 2.45) is 0 Å². The molecular weight excluding hydrogens is 302 g/mol. The Hall–Kier alpha value is -2.76. The SMILES string of the molecule is Cc1ccc2nc(C)c(C)c(C(=O)NCCCn3ccnn3)c2c1. The van der Waals surface area contributed by atoms with E-state index in [-0.39, 0.29) is 5.91 Å². The molecule has 124 valence electrons. The summed E-state index contributed by atoms with van der Waals surface area (Å²) in [5.41, 5.74) is 4.52. The van der Waals surface area contributed by atoms with E-state index in [1.807, 2.05) is 45.2 Å². The van der Waals surface area contributed by atoms with Crippen LogP contribution in [0.5, 0.6) is 0 Å². The van der Waals surface area contributed by atoms with E-state index in [2.05, 4.69) is 20.6 Å². The lowest BCUT2D eigenvalue weighted by Gasteiger charge is -2.13. The average molecular weight is 323 g/mol. The first-order chi connectivity index (χ1) is 11.6. The molecule has 0 bridgehead atoms. The number of nitrogens with one attached hydrogen (secondary N) is 1. The molecule has 0 radical (unpaired) electrons. The monoisotopic (exact) mass is 323 g/mol. The summed E-state index contributed by atoms with van der Waals surface area (Å²) in [6.45, 7) is 7.24. The number of aryl methyl sites for hydroxylation is 3. The highest BCUT2D eigenvalue weighted by molar-refractivity contribution is 6.07. The lowest BCUT2D eigenvalue weighted by molar-refractivity contribution is 0.0953. The second-order valence-corrected chi connectivity index (χ2v) is 5.99. The fourth-order valence-electron chi connectivity index (χ4n) is 2.77. The van der Waals surface area contributed by atoms with E-state index >= 15 is 0 Å². The van der Waals surface area contributed by atoms with Crippen LogP contribution < -0.4 is 5.32 Å². The number of hydrogen-bond donors (Lipinski definition) is 1. The Morgan fingerprint density at radius 1 is 1.25 bits per heavy atom. The predicted octanol–water partition coefficient (Wildman–Crippen LogP) is 2.57. The van der Waals surface area contributed by atoms with Crippen molar-refractivity contribution in [3.05, 3.63) is 53.0 Å². The van der Waals surface area contributed by atoms with Crippen molar-refractivity contribution < 1.29 is 4.79 Å². The van der Waals surface area contributed by atoms with Gasteiger partial charge < -0.3 is 5.32 Å². The van der Waals surface area contributed by atoms with Gasteiger partial charge in [0, 0.05) is 30.4 Å². The van der Waals surface area contributed by atoms with Crippen LogP contribution in [-0.2, 0) is 6.54 Å². The zero-order valence-corrected chi connectivity index (χ0v) is 14.2. The van der Waals surface area contributed by atoms with Gasteiger partial charge in [0.25, 0.3) is 5.91 Å². The normalized spacial score (nSPS) is 11.0. The van der Waals surface area contributed by atoms with Gasteiger partial charge in [-0.15, -0.1) is 5.10 Å². The summed E-state index contributed by atoms with van der Waals surface area (Å²) in [6.07, 6.45) is 4.26. The molecule has 0 atom stereocenters. The van der Waals surface area contributed by atoms with E-state index in [4.69, 9.17) is 0 Å². The zero-order chi connectivity index (χ0) is 17.1. The maximum Gasteiger partial charge on any atom is 0.252 e. The van der Waals surface area contributed by atoms with Gasteiger partial charge >= 0.3 is 0 Å². The fraction of sp³-hybridized carbons (Fsp3) is 0.333. The third kappa shape index (κ3) is 3.27. The molecule has 0 saturated heterocycles. The Bertz CT molecular complexity index is 871. The van der Waals surface area contributed by atoms with Gasteiger partial charge in [-0.1, -0.05) is 16.8 Å². The minimum absolute atomic E-state index is 0.0489. The molecule has 0 fully saturated rings. The maximum atomic E-state index is 12.7. The van der Waals surface area contributed by atoms with Crippen LogP contribution in [0.25, 0.3) is 10.9 Å². The smallest absolute Gasteiger partial charge is 0.252 e. The predicted molar refractivity (Wildman–Crippen MR) is 92.9 cm³/mol. The second-order valence-electron chi connectivity index (χ2n) is 5.99. The molecule has 0 aliphatic rings. The summed E-state index contributed by atoms with van der Waals surface area (Å²) in [7, 11) is 0. The van der Waals surface area contributed by atoms with Crippen LogP contribution in [0.4, 0.5) is 0 Å². The highest BCUT2D eigenvalue weighted by atomic mass is 16.1. The first-order valence-electron chi connectivity index (χ1n) is 8.06. The van der Waals surface area contributed by atoms with Crippen LogP contribution in [0.3, 0.4) is 0 Å². The highest BCUT2D eigenvalue weighted by Gasteiger charge is 2.16. The van der Waals surface area contributed by atoms with Gasteiger partial charge in [0.05, 0.1) is 17.3 Å². The number of carbonyl (C=O) groups is 1. The molecule has 3 rings (SSSR count). The molecule has 3 aromatic rings. The highest BCUT2D eigenvalue weighted by Crippen LogP contribution is 2.24. The Labute approximate surface area is 140 Å². The summed E-state index contributed by atoms with van der Waals surface area (Å²) < 4.78 is 1.76. The van der Waals surface area contributed by atoms with Crippen molar-refractivity contribution in [2.45, 2.75) is 33.7 Å². The van der Waals surface area contributed by atoms with Gasteiger partial charge in [-0.3, -0.25) is 14.5 Å². The van der Waals surface area contributed by atoms with Crippen molar-refractivity contribution in [3.63, 3.8) is 0 Å². The fourth-order valence-corrected chi connectivity index (χ4v) is 2.77. The molecule has 1 amide bonds. The van der Waals surface area contributed by atoms with E-state index < -0.39 is 0 Å². The number of pyridine rings is 1. The molecule has 2 heterocycles. The summed E-state index contributed by atoms with van der Waals surface area (Å²) >= 11 is 0. The number of fused-ring (bicyclic) bond motifs is 1. The van der Waals surface area contributed by atoms with E-state index in [1.54, 1.807) is 10.9 Å². The van der Waals surface area contributed by atoms with Gasteiger partial charge in [-0.05, 0) is 44.9 Å². The van der Waals surface area contributed by atoms with E-state index in [0.717, 1.165) is 46.3 Å². The second kappa shape index (κ2) is 6.78. The number of aromatic nitrogens is 4. The first kappa shape index (κ1) is 16.1. The van der Waals surface area contributed by atoms with Crippen molar-refractivity contribution >= 4 is 16.8 Å². The number of hydrogen-bond acceptors (Lipinski definition) is 4. The molecule has 0 aliphatic heterocycles. The number of benzene rings is 1. The van der Waals surface area contributed by atoms with Crippen molar-refractivity contribution in [2.75, 3.05) is 6.54 Å². The molecule has 6 nitrogen and oxygen atoms in total. The minimum Gasteiger partial charge on any atom is -0.352 e. The van der Waals surface area contributed by atoms with Gasteiger partial charge in [0.2, 0.25) is 0 Å². The molecular formula is C18H21N5O. The molecule has 0 spiro atoms. The molecule has 6 heteroatoms. The van der Waals surface area contributed by atoms with Gasteiger partial charge in [0.15, 0.2) is 0 Å². The van der Waals surface area contributed by atoms with Crippen LogP contribution >= 0.6 is 0 Å². The van der Waals surface area contributed by atoms with Crippen molar-refractivity contribution in [1.82, 2.24) is 25.3 Å². The van der Waals surface area contributed by atoms with Gasteiger partial charge in [-0.25, -0.2) is 0 Å². The lowest BCUT2D eigenvalue weighted by atomic mass is 9.99. The largest absolute Gasteiger partial charge is 0.352 e. The maximum absolute atomic E-state index is 12.7. The Morgan fingerprint density at radius 2 is 2.08 bits per heavy atom. The molecule has 1 aromatic carbocycles. The molecule has 0 saturated carbocycles. The summed E-state index contributed by atoms with van der Waals surface area (Å²) in [5, 5.41) is 11.6. The number of nitrogens with zero attached hydrogens (tertiary/aromatic N) is 4. The van der Waals surface area contributed by atoms with Crippen LogP contribution in [-0.4, -0.2) is 32.4 Å². The van der Waals surface area contributed by atoms with Crippen LogP contribution in [0.1, 0.15) is 33.6 Å². The van der Waals surface area contributed by atoms with Crippen molar-refractivity contribution in [3.8, 4) is 0 Å². The van der Waals surface area contributed by atoms with E-state index in [0.29, 0.717) is 6.54 Å². The molecule has 0 unspecified atom stereocenters. The number of carbonyl (C=O) groups excluding carboxylic acids is 1. The summed E-state index contributed by atoms with van der Waals surface area (Å²) in [6, 6.07) is 6.02. The third-order valence-corrected chi connectivity index (χ3v) is 4.18. The summed E-state index contributed by atoms with van der Waals surface area (Å²) in [5.74, 6) is -0.0489. The average Bonchev–Trinajstić information content (AvgIpc) is 3.06. The number of rotatable bonds is 5. The first-order valence-corrected chi connectivity index (χ1v) is 8.06. The van der Waals surface area contributed by atoms with Crippen LogP contribution in [0, 0.1) is 20.8 Å². The quantitative estimate of drug-likeness (QED) is 0.733. The van der Waals surface area contributed by atoms with Crippen LogP contribution in [0.2, 0.25) is 0 Å². The van der Waals surface area contributed by atoms with Gasteiger partial charge in [-0.2, -0.15) is 0 Å². The molecule has 1 N–H and O–H groups in total. The Balaban J connectivity index is 1.78. The van der Waals surface area contributed by atoms with E-state index in [9.17, 15) is 4.79 Å². The summed E-state index contributed by atoms with van der Waals surface area (Å²) in [4.78, 5) is 17.3.